The van der Waals surface area contributed by atoms with E-state index < -0.39 is 0 Å². The molecular weight excluding hydrogens is 300 g/mol. The van der Waals surface area contributed by atoms with Gasteiger partial charge in [0, 0.05) is 63.8 Å². The van der Waals surface area contributed by atoms with Crippen LogP contribution in [0.2, 0.25) is 0 Å². The lowest BCUT2D eigenvalue weighted by molar-refractivity contribution is -0.132. The molecule has 0 spiro atoms. The highest BCUT2D eigenvalue weighted by molar-refractivity contribution is 5.76. The number of benzene rings is 1. The van der Waals surface area contributed by atoms with Gasteiger partial charge in [-0.15, -0.1) is 0 Å². The average Bonchev–Trinajstić information content (AvgIpc) is 2.64. The van der Waals surface area contributed by atoms with Crippen LogP contribution in [0.25, 0.3) is 0 Å². The molecule has 1 fully saturated rings. The number of nitrogens with zero attached hydrogens (tertiary/aromatic N) is 3. The van der Waals surface area contributed by atoms with E-state index in [-0.39, 0.29) is 5.91 Å². The summed E-state index contributed by atoms with van der Waals surface area (Å²) >= 11 is 0. The number of nitrogens with one attached hydrogen (secondary N) is 1. The molecule has 1 aliphatic heterocycles. The topological polar surface area (TPSA) is 48.5 Å². The van der Waals surface area contributed by atoms with Crippen LogP contribution in [0.1, 0.15) is 12.0 Å². The van der Waals surface area contributed by atoms with Gasteiger partial charge in [0.25, 0.3) is 0 Å². The summed E-state index contributed by atoms with van der Waals surface area (Å²) in [5, 5.41) is 3.29. The van der Waals surface area contributed by atoms with Gasteiger partial charge < -0.3 is 10.2 Å². The molecule has 1 aromatic heterocycles. The molecule has 5 nitrogen and oxygen atoms in total. The van der Waals surface area contributed by atoms with Crippen molar-refractivity contribution >= 4 is 11.6 Å². The van der Waals surface area contributed by atoms with Crippen molar-refractivity contribution in [2.45, 2.75) is 13.0 Å². The summed E-state index contributed by atoms with van der Waals surface area (Å²) in [6.07, 6.45) is 4.24. The molecule has 0 radical (unpaired) electrons. The van der Waals surface area contributed by atoms with Crippen LogP contribution in [-0.4, -0.2) is 53.4 Å². The van der Waals surface area contributed by atoms with E-state index in [0.717, 1.165) is 38.4 Å². The lowest BCUT2D eigenvalue weighted by Gasteiger charge is -2.34. The number of pyridine rings is 1. The van der Waals surface area contributed by atoms with E-state index in [1.54, 1.807) is 6.20 Å². The van der Waals surface area contributed by atoms with E-state index in [1.165, 1.54) is 5.56 Å². The molecule has 2 heterocycles. The van der Waals surface area contributed by atoms with Crippen LogP contribution >= 0.6 is 0 Å². The first kappa shape index (κ1) is 16.5. The largest absolute Gasteiger partial charge is 0.385 e. The quantitative estimate of drug-likeness (QED) is 0.885. The maximum Gasteiger partial charge on any atom is 0.224 e. The Kier molecular flexibility index (Phi) is 5.80. The number of anilines is 1. The second kappa shape index (κ2) is 8.45. The summed E-state index contributed by atoms with van der Waals surface area (Å²) in [5.41, 5.74) is 2.29. The SMILES string of the molecule is O=C(CCNc1ccccc1)N1CCN(Cc2cccnc2)CC1. The fourth-order valence-electron chi connectivity index (χ4n) is 2.93. The van der Waals surface area contributed by atoms with E-state index >= 15 is 0 Å². The van der Waals surface area contributed by atoms with Crippen molar-refractivity contribution in [2.24, 2.45) is 0 Å². The fourth-order valence-corrected chi connectivity index (χ4v) is 2.93. The van der Waals surface area contributed by atoms with Crippen LogP contribution in [0.3, 0.4) is 0 Å². The molecule has 1 aliphatic rings. The monoisotopic (exact) mass is 324 g/mol. The first-order valence-corrected chi connectivity index (χ1v) is 8.49. The molecule has 3 rings (SSSR count). The second-order valence-electron chi connectivity index (χ2n) is 6.06. The van der Waals surface area contributed by atoms with Gasteiger partial charge in [-0.05, 0) is 23.8 Å². The summed E-state index contributed by atoms with van der Waals surface area (Å²) in [5.74, 6) is 0.236. The number of carbonyl (C=O) groups is 1. The Labute approximate surface area is 143 Å². The van der Waals surface area contributed by atoms with Crippen LogP contribution in [0.15, 0.2) is 54.9 Å². The standard InChI is InChI=1S/C19H24N4O/c24-19(8-10-21-18-6-2-1-3-7-18)23-13-11-22(12-14-23)16-17-5-4-9-20-15-17/h1-7,9,15,21H,8,10-14,16H2. The van der Waals surface area contributed by atoms with Crippen molar-refractivity contribution in [1.29, 1.82) is 0 Å². The Morgan fingerprint density at radius 2 is 1.83 bits per heavy atom. The highest BCUT2D eigenvalue weighted by Crippen LogP contribution is 2.09. The van der Waals surface area contributed by atoms with Gasteiger partial charge in [0.1, 0.15) is 0 Å². The molecule has 1 saturated heterocycles. The molecule has 24 heavy (non-hydrogen) atoms. The zero-order valence-electron chi connectivity index (χ0n) is 13.9. The molecule has 1 amide bonds. The zero-order chi connectivity index (χ0) is 16.6. The first-order chi connectivity index (χ1) is 11.8. The number of hydrogen-bond acceptors (Lipinski definition) is 4. The van der Waals surface area contributed by atoms with Gasteiger partial charge >= 0.3 is 0 Å². The number of para-hydroxylation sites is 1. The third-order valence-electron chi connectivity index (χ3n) is 4.30. The van der Waals surface area contributed by atoms with Gasteiger partial charge in [-0.1, -0.05) is 24.3 Å². The van der Waals surface area contributed by atoms with E-state index in [0.29, 0.717) is 13.0 Å². The number of amides is 1. The Morgan fingerprint density at radius 3 is 2.54 bits per heavy atom. The minimum atomic E-state index is 0.236. The van der Waals surface area contributed by atoms with E-state index in [1.807, 2.05) is 47.5 Å². The Morgan fingerprint density at radius 1 is 1.04 bits per heavy atom. The lowest BCUT2D eigenvalue weighted by Crippen LogP contribution is -2.48. The molecule has 126 valence electrons. The van der Waals surface area contributed by atoms with Crippen molar-refractivity contribution in [3.05, 3.63) is 60.4 Å². The molecule has 0 atom stereocenters. The zero-order valence-corrected chi connectivity index (χ0v) is 13.9. The number of carbonyl (C=O) groups excluding carboxylic acids is 1. The van der Waals surface area contributed by atoms with Gasteiger partial charge in [0.15, 0.2) is 0 Å². The average molecular weight is 324 g/mol. The van der Waals surface area contributed by atoms with Gasteiger partial charge in [0.2, 0.25) is 5.91 Å². The van der Waals surface area contributed by atoms with E-state index in [4.69, 9.17) is 0 Å². The van der Waals surface area contributed by atoms with E-state index in [2.05, 4.69) is 21.3 Å². The minimum Gasteiger partial charge on any atom is -0.385 e. The first-order valence-electron chi connectivity index (χ1n) is 8.49. The van der Waals surface area contributed by atoms with Crippen molar-refractivity contribution in [1.82, 2.24) is 14.8 Å². The molecule has 0 bridgehead atoms. The van der Waals surface area contributed by atoms with Gasteiger partial charge in [-0.3, -0.25) is 14.7 Å². The predicted octanol–water partition coefficient (Wildman–Crippen LogP) is 2.23. The minimum absolute atomic E-state index is 0.236. The maximum absolute atomic E-state index is 12.3. The van der Waals surface area contributed by atoms with Crippen molar-refractivity contribution in [3.8, 4) is 0 Å². The molecule has 0 saturated carbocycles. The molecule has 5 heteroatoms. The van der Waals surface area contributed by atoms with Crippen LogP contribution in [-0.2, 0) is 11.3 Å². The smallest absolute Gasteiger partial charge is 0.224 e. The van der Waals surface area contributed by atoms with Gasteiger partial charge in [-0.2, -0.15) is 0 Å². The highest BCUT2D eigenvalue weighted by Gasteiger charge is 2.20. The fraction of sp³-hybridized carbons (Fsp3) is 0.368. The number of rotatable bonds is 6. The van der Waals surface area contributed by atoms with Crippen molar-refractivity contribution in [2.75, 3.05) is 38.0 Å². The van der Waals surface area contributed by atoms with E-state index in [9.17, 15) is 4.79 Å². The summed E-state index contributed by atoms with van der Waals surface area (Å²) in [4.78, 5) is 20.8. The number of hydrogen-bond donors (Lipinski definition) is 1. The molecular formula is C19H24N4O. The maximum atomic E-state index is 12.3. The number of piperazine rings is 1. The second-order valence-corrected chi connectivity index (χ2v) is 6.06. The molecule has 2 aromatic rings. The van der Waals surface area contributed by atoms with Crippen molar-refractivity contribution < 1.29 is 4.79 Å². The molecule has 0 unspecified atom stereocenters. The summed E-state index contributed by atoms with van der Waals surface area (Å²) in [6, 6.07) is 14.1. The predicted molar refractivity (Wildman–Crippen MR) is 95.6 cm³/mol. The Hall–Kier alpha value is -2.40. The molecule has 0 aliphatic carbocycles. The van der Waals surface area contributed by atoms with Crippen LogP contribution in [0, 0.1) is 0 Å². The third kappa shape index (κ3) is 4.80. The third-order valence-corrected chi connectivity index (χ3v) is 4.30. The normalized spacial score (nSPS) is 15.2. The Balaban J connectivity index is 1.37. The number of aromatic nitrogens is 1. The molecule has 1 aromatic carbocycles. The lowest BCUT2D eigenvalue weighted by atomic mass is 10.2. The van der Waals surface area contributed by atoms with Crippen LogP contribution in [0.5, 0.6) is 0 Å². The van der Waals surface area contributed by atoms with Crippen molar-refractivity contribution in [3.63, 3.8) is 0 Å². The van der Waals surface area contributed by atoms with Crippen LogP contribution < -0.4 is 5.32 Å². The van der Waals surface area contributed by atoms with Crippen LogP contribution in [0.4, 0.5) is 5.69 Å². The highest BCUT2D eigenvalue weighted by atomic mass is 16.2. The summed E-state index contributed by atoms with van der Waals surface area (Å²) in [6.45, 7) is 5.05. The van der Waals surface area contributed by atoms with Gasteiger partial charge in [-0.25, -0.2) is 0 Å². The Bertz CT molecular complexity index is 624. The van der Waals surface area contributed by atoms with Gasteiger partial charge in [0.05, 0.1) is 0 Å². The summed E-state index contributed by atoms with van der Waals surface area (Å²) in [7, 11) is 0. The molecule has 1 N–H and O–H groups in total. The summed E-state index contributed by atoms with van der Waals surface area (Å²) < 4.78 is 0.